The third-order valence-electron chi connectivity index (χ3n) is 3.95. The zero-order valence-electron chi connectivity index (χ0n) is 13.1. The molecular weight excluding hydrogens is 369 g/mol. The highest BCUT2D eigenvalue weighted by Crippen LogP contribution is 2.20. The van der Waals surface area contributed by atoms with Gasteiger partial charge in [-0.3, -0.25) is 4.79 Å². The number of nitrogens with zero attached hydrogens (tertiary/aromatic N) is 3. The predicted molar refractivity (Wildman–Crippen MR) is 90.3 cm³/mol. The number of pyridine rings is 1. The molecule has 1 amide bonds. The van der Waals surface area contributed by atoms with Gasteiger partial charge in [-0.15, -0.1) is 0 Å². The fraction of sp³-hybridized carbons (Fsp3) is 0.250. The zero-order valence-corrected chi connectivity index (χ0v) is 14.7. The summed E-state index contributed by atoms with van der Waals surface area (Å²) in [7, 11) is -3.79. The number of hydrogen-bond acceptors (Lipinski definition) is 4. The number of piperazine rings is 1. The second kappa shape index (κ2) is 7.07. The molecule has 1 saturated heterocycles. The lowest BCUT2D eigenvalue weighted by atomic mass is 10.2. The highest BCUT2D eigenvalue weighted by molar-refractivity contribution is 7.89. The molecule has 2 heterocycles. The smallest absolute Gasteiger partial charge is 0.257 e. The third-order valence-corrected chi connectivity index (χ3v) is 6.15. The molecule has 9 heteroatoms. The summed E-state index contributed by atoms with van der Waals surface area (Å²) in [5, 5.41) is 0.113. The Labute approximate surface area is 149 Å². The Morgan fingerprint density at radius 1 is 1.12 bits per heavy atom. The average molecular weight is 384 g/mol. The van der Waals surface area contributed by atoms with Gasteiger partial charge in [-0.05, 0) is 30.3 Å². The van der Waals surface area contributed by atoms with Crippen LogP contribution in [0.5, 0.6) is 0 Å². The Morgan fingerprint density at radius 3 is 2.48 bits per heavy atom. The van der Waals surface area contributed by atoms with Crippen LogP contribution in [-0.2, 0) is 10.0 Å². The quantitative estimate of drug-likeness (QED) is 0.760. The lowest BCUT2D eigenvalue weighted by molar-refractivity contribution is 0.0697. The van der Waals surface area contributed by atoms with Gasteiger partial charge in [0, 0.05) is 32.4 Å². The van der Waals surface area contributed by atoms with Crippen LogP contribution < -0.4 is 0 Å². The van der Waals surface area contributed by atoms with Crippen molar-refractivity contribution in [3.8, 4) is 0 Å². The van der Waals surface area contributed by atoms with E-state index in [1.165, 1.54) is 33.6 Å². The van der Waals surface area contributed by atoms with Gasteiger partial charge in [-0.1, -0.05) is 17.7 Å². The summed E-state index contributed by atoms with van der Waals surface area (Å²) in [5.41, 5.74) is 0.283. The minimum Gasteiger partial charge on any atom is -0.336 e. The first-order valence-electron chi connectivity index (χ1n) is 7.55. The number of benzene rings is 1. The van der Waals surface area contributed by atoms with Crippen molar-refractivity contribution in [2.75, 3.05) is 26.2 Å². The van der Waals surface area contributed by atoms with E-state index in [2.05, 4.69) is 4.98 Å². The molecule has 0 spiro atoms. The highest BCUT2D eigenvalue weighted by atomic mass is 35.5. The van der Waals surface area contributed by atoms with E-state index in [1.807, 2.05) is 0 Å². The average Bonchev–Trinajstić information content (AvgIpc) is 2.62. The minimum absolute atomic E-state index is 0.0948. The number of hydrogen-bond donors (Lipinski definition) is 0. The molecule has 0 atom stereocenters. The first-order chi connectivity index (χ1) is 11.9. The molecule has 1 aliphatic heterocycles. The molecule has 6 nitrogen and oxygen atoms in total. The van der Waals surface area contributed by atoms with Crippen LogP contribution in [0.25, 0.3) is 0 Å². The maximum absolute atomic E-state index is 13.3. The molecule has 0 unspecified atom stereocenters. The number of sulfonamides is 1. The summed E-state index contributed by atoms with van der Waals surface area (Å²) < 4.78 is 39.7. The van der Waals surface area contributed by atoms with Crippen LogP contribution in [0.1, 0.15) is 10.4 Å². The van der Waals surface area contributed by atoms with E-state index in [-0.39, 0.29) is 47.7 Å². The fourth-order valence-corrected chi connectivity index (χ4v) is 4.28. The molecule has 3 rings (SSSR count). The molecule has 1 aromatic carbocycles. The molecule has 0 saturated carbocycles. The van der Waals surface area contributed by atoms with Crippen molar-refractivity contribution in [2.45, 2.75) is 4.90 Å². The lowest BCUT2D eigenvalue weighted by Gasteiger charge is -2.34. The van der Waals surface area contributed by atoms with Crippen LogP contribution in [0, 0.1) is 5.82 Å². The first kappa shape index (κ1) is 17.8. The highest BCUT2D eigenvalue weighted by Gasteiger charge is 2.31. The zero-order chi connectivity index (χ0) is 18.0. The Morgan fingerprint density at radius 2 is 1.84 bits per heavy atom. The summed E-state index contributed by atoms with van der Waals surface area (Å²) in [4.78, 5) is 17.8. The van der Waals surface area contributed by atoms with Gasteiger partial charge in [0.25, 0.3) is 5.91 Å². The fourth-order valence-electron chi connectivity index (χ4n) is 2.62. The Balaban J connectivity index is 1.72. The van der Waals surface area contributed by atoms with E-state index in [0.29, 0.717) is 0 Å². The van der Waals surface area contributed by atoms with Gasteiger partial charge in [0.1, 0.15) is 11.0 Å². The monoisotopic (exact) mass is 383 g/mol. The molecule has 25 heavy (non-hydrogen) atoms. The van der Waals surface area contributed by atoms with E-state index >= 15 is 0 Å². The van der Waals surface area contributed by atoms with Crippen LogP contribution in [0.4, 0.5) is 4.39 Å². The largest absolute Gasteiger partial charge is 0.336 e. The number of aromatic nitrogens is 1. The van der Waals surface area contributed by atoms with Crippen molar-refractivity contribution in [1.82, 2.24) is 14.2 Å². The SMILES string of the molecule is O=C(c1cccnc1Cl)N1CCN(S(=O)(=O)c2cccc(F)c2)CC1. The first-order valence-corrected chi connectivity index (χ1v) is 9.37. The Bertz CT molecular complexity index is 899. The lowest BCUT2D eigenvalue weighted by Crippen LogP contribution is -2.50. The second-order valence-electron chi connectivity index (χ2n) is 5.50. The van der Waals surface area contributed by atoms with Gasteiger partial charge in [0.2, 0.25) is 10.0 Å². The molecule has 0 radical (unpaired) electrons. The number of rotatable bonds is 3. The van der Waals surface area contributed by atoms with Gasteiger partial charge in [-0.2, -0.15) is 4.31 Å². The van der Waals surface area contributed by atoms with Crippen LogP contribution in [0.2, 0.25) is 5.15 Å². The molecule has 0 N–H and O–H groups in total. The van der Waals surface area contributed by atoms with Crippen molar-refractivity contribution in [3.05, 3.63) is 59.1 Å². The molecule has 1 aromatic heterocycles. The van der Waals surface area contributed by atoms with Gasteiger partial charge in [-0.25, -0.2) is 17.8 Å². The summed E-state index contributed by atoms with van der Waals surface area (Å²) in [6.07, 6.45) is 1.49. The second-order valence-corrected chi connectivity index (χ2v) is 7.79. The molecule has 0 bridgehead atoms. The Hall–Kier alpha value is -2.03. The number of halogens is 2. The van der Waals surface area contributed by atoms with E-state index in [9.17, 15) is 17.6 Å². The molecule has 1 aliphatic rings. The molecule has 132 valence electrons. The van der Waals surface area contributed by atoms with E-state index in [0.717, 1.165) is 6.07 Å². The molecular formula is C16H15ClFN3O3S. The van der Waals surface area contributed by atoms with Crippen LogP contribution in [-0.4, -0.2) is 54.7 Å². The summed E-state index contributed by atoms with van der Waals surface area (Å²) in [6, 6.07) is 8.07. The number of carbonyl (C=O) groups excluding carboxylic acids is 1. The van der Waals surface area contributed by atoms with Crippen LogP contribution in [0.3, 0.4) is 0 Å². The topological polar surface area (TPSA) is 70.6 Å². The molecule has 1 fully saturated rings. The maximum Gasteiger partial charge on any atom is 0.257 e. The normalized spacial score (nSPS) is 16.0. The number of amides is 1. The third kappa shape index (κ3) is 3.65. The van der Waals surface area contributed by atoms with E-state index < -0.39 is 15.8 Å². The Kier molecular flexibility index (Phi) is 5.03. The van der Waals surface area contributed by atoms with Crippen molar-refractivity contribution in [1.29, 1.82) is 0 Å². The van der Waals surface area contributed by atoms with Crippen molar-refractivity contribution >= 4 is 27.5 Å². The standard InChI is InChI=1S/C16H15ClFN3O3S/c17-15-14(5-2-6-19-15)16(22)20-7-9-21(10-8-20)25(23,24)13-4-1-3-12(18)11-13/h1-6,11H,7-10H2. The van der Waals surface area contributed by atoms with Crippen molar-refractivity contribution < 1.29 is 17.6 Å². The molecule has 0 aliphatic carbocycles. The predicted octanol–water partition coefficient (Wildman–Crippen LogP) is 2.02. The van der Waals surface area contributed by atoms with Gasteiger partial charge in [0.15, 0.2) is 0 Å². The van der Waals surface area contributed by atoms with Crippen molar-refractivity contribution in [3.63, 3.8) is 0 Å². The summed E-state index contributed by atoms with van der Waals surface area (Å²) >= 11 is 5.93. The van der Waals surface area contributed by atoms with E-state index in [4.69, 9.17) is 11.6 Å². The van der Waals surface area contributed by atoms with E-state index in [1.54, 1.807) is 12.1 Å². The maximum atomic E-state index is 13.3. The minimum atomic E-state index is -3.79. The van der Waals surface area contributed by atoms with Gasteiger partial charge in [0.05, 0.1) is 10.5 Å². The van der Waals surface area contributed by atoms with Crippen molar-refractivity contribution in [2.24, 2.45) is 0 Å². The summed E-state index contributed by atoms with van der Waals surface area (Å²) in [5.74, 6) is -0.901. The number of carbonyl (C=O) groups is 1. The van der Waals surface area contributed by atoms with Gasteiger partial charge < -0.3 is 4.90 Å². The summed E-state index contributed by atoms with van der Waals surface area (Å²) in [6.45, 7) is 0.697. The molecule has 2 aromatic rings. The van der Waals surface area contributed by atoms with Crippen LogP contribution >= 0.6 is 11.6 Å². The van der Waals surface area contributed by atoms with Crippen LogP contribution in [0.15, 0.2) is 47.5 Å². The van der Waals surface area contributed by atoms with Gasteiger partial charge >= 0.3 is 0 Å².